The normalized spacial score (nSPS) is 21.2. The first kappa shape index (κ1) is 22.6. The van der Waals surface area contributed by atoms with Crippen LogP contribution in [0.15, 0.2) is 54.7 Å². The molecule has 5 nitrogen and oxygen atoms in total. The summed E-state index contributed by atoms with van der Waals surface area (Å²) in [5, 5.41) is 1.26. The average molecular weight is 466 g/mol. The van der Waals surface area contributed by atoms with Crippen molar-refractivity contribution in [1.82, 2.24) is 14.2 Å². The van der Waals surface area contributed by atoms with Crippen molar-refractivity contribution in [2.45, 2.75) is 51.0 Å². The molecule has 3 heterocycles. The topological polar surface area (TPSA) is 56.4 Å². The van der Waals surface area contributed by atoms with Crippen molar-refractivity contribution >= 4 is 20.9 Å². The van der Waals surface area contributed by atoms with Gasteiger partial charge in [0.1, 0.15) is 0 Å². The number of hydrogen-bond donors (Lipinski definition) is 1. The third-order valence-corrected chi connectivity index (χ3v) is 9.60. The molecular formula is C27H35N3O2S. The predicted octanol–water partition coefficient (Wildman–Crippen LogP) is 5.22. The van der Waals surface area contributed by atoms with Gasteiger partial charge in [0.05, 0.1) is 5.75 Å². The van der Waals surface area contributed by atoms with Crippen molar-refractivity contribution < 1.29 is 8.42 Å². The van der Waals surface area contributed by atoms with E-state index in [0.29, 0.717) is 25.0 Å². The lowest BCUT2D eigenvalue weighted by Crippen LogP contribution is -2.40. The van der Waals surface area contributed by atoms with Crippen LogP contribution < -0.4 is 0 Å². The highest BCUT2D eigenvalue weighted by atomic mass is 32.2. The maximum atomic E-state index is 12.9. The summed E-state index contributed by atoms with van der Waals surface area (Å²) in [5.41, 5.74) is 4.91. The molecule has 2 saturated heterocycles. The molecule has 176 valence electrons. The Hall–Kier alpha value is -2.15. The van der Waals surface area contributed by atoms with E-state index in [1.54, 1.807) is 4.31 Å². The number of aromatic amines is 1. The molecule has 5 rings (SSSR count). The summed E-state index contributed by atoms with van der Waals surface area (Å²) in [4.78, 5) is 5.86. The highest BCUT2D eigenvalue weighted by molar-refractivity contribution is 7.89. The van der Waals surface area contributed by atoms with E-state index in [1.165, 1.54) is 34.9 Å². The number of likely N-dealkylation sites (tertiary alicyclic amines) is 1. The van der Waals surface area contributed by atoms with E-state index in [0.717, 1.165) is 37.9 Å². The second-order valence-electron chi connectivity index (χ2n) is 9.74. The van der Waals surface area contributed by atoms with Gasteiger partial charge in [-0.2, -0.15) is 0 Å². The maximum Gasteiger partial charge on any atom is 0.214 e. The second kappa shape index (κ2) is 9.61. The number of H-pyrrole nitrogens is 1. The zero-order chi connectivity index (χ0) is 22.8. The summed E-state index contributed by atoms with van der Waals surface area (Å²) in [6.07, 6.45) is 7.10. The highest BCUT2D eigenvalue weighted by Gasteiger charge is 2.30. The molecule has 0 saturated carbocycles. The Morgan fingerprint density at radius 1 is 0.970 bits per heavy atom. The zero-order valence-corrected chi connectivity index (χ0v) is 20.4. The van der Waals surface area contributed by atoms with Crippen molar-refractivity contribution in [3.8, 4) is 11.1 Å². The Morgan fingerprint density at radius 3 is 2.48 bits per heavy atom. The molecule has 0 amide bonds. The molecule has 0 radical (unpaired) electrons. The molecule has 0 bridgehead atoms. The van der Waals surface area contributed by atoms with E-state index in [-0.39, 0.29) is 5.75 Å². The Morgan fingerprint density at radius 2 is 1.76 bits per heavy atom. The lowest BCUT2D eigenvalue weighted by molar-refractivity contribution is 0.268. The number of sulfonamides is 1. The first-order valence-corrected chi connectivity index (χ1v) is 14.0. The van der Waals surface area contributed by atoms with Crippen LogP contribution in [-0.4, -0.2) is 60.6 Å². The predicted molar refractivity (Wildman–Crippen MR) is 136 cm³/mol. The molecule has 1 N–H and O–H groups in total. The minimum absolute atomic E-state index is 0.272. The quantitative estimate of drug-likeness (QED) is 0.521. The highest BCUT2D eigenvalue weighted by Crippen LogP contribution is 2.35. The number of hydrogen-bond acceptors (Lipinski definition) is 3. The van der Waals surface area contributed by atoms with E-state index in [4.69, 9.17) is 0 Å². The fourth-order valence-corrected chi connectivity index (χ4v) is 7.16. The van der Waals surface area contributed by atoms with Gasteiger partial charge in [-0.3, -0.25) is 0 Å². The molecule has 0 aliphatic carbocycles. The van der Waals surface area contributed by atoms with Crippen LogP contribution in [0.4, 0.5) is 0 Å². The van der Waals surface area contributed by atoms with E-state index in [9.17, 15) is 8.42 Å². The minimum atomic E-state index is -3.17. The summed E-state index contributed by atoms with van der Waals surface area (Å²) < 4.78 is 27.6. The first-order chi connectivity index (χ1) is 16.0. The van der Waals surface area contributed by atoms with Gasteiger partial charge in [-0.05, 0) is 86.9 Å². The summed E-state index contributed by atoms with van der Waals surface area (Å²) in [7, 11) is -3.17. The molecule has 0 spiro atoms. The summed E-state index contributed by atoms with van der Waals surface area (Å²) in [6.45, 7) is 5.51. The average Bonchev–Trinajstić information content (AvgIpc) is 3.45. The lowest BCUT2D eigenvalue weighted by Gasteiger charge is -2.31. The summed E-state index contributed by atoms with van der Waals surface area (Å²) in [5.74, 6) is 0.663. The third kappa shape index (κ3) is 4.88. The molecule has 1 atom stereocenters. The Labute approximate surface area is 197 Å². The van der Waals surface area contributed by atoms with Crippen molar-refractivity contribution in [2.75, 3.05) is 31.9 Å². The van der Waals surface area contributed by atoms with Crippen LogP contribution in [0.2, 0.25) is 0 Å². The molecule has 1 unspecified atom stereocenters. The molecule has 6 heteroatoms. The second-order valence-corrected chi connectivity index (χ2v) is 11.8. The Kier molecular flexibility index (Phi) is 6.59. The molecule has 33 heavy (non-hydrogen) atoms. The van der Waals surface area contributed by atoms with Crippen LogP contribution >= 0.6 is 0 Å². The Balaban J connectivity index is 1.22. The SMILES string of the molecule is CC1CCCN1CCCS(=O)(=O)N1CCC(c2c[nH]c3ccc(-c4ccccc4)cc23)CC1. The standard InChI is InChI=1S/C27H35N3O2S/c1-21-7-5-14-29(21)15-6-18-33(31,32)30-16-12-23(13-17-30)26-20-28-27-11-10-24(19-25(26)27)22-8-3-2-4-9-22/h2-4,8-11,19-21,23,28H,5-7,12-18H2,1H3. The third-order valence-electron chi connectivity index (χ3n) is 7.65. The monoisotopic (exact) mass is 465 g/mol. The fourth-order valence-electron chi connectivity index (χ4n) is 5.64. The van der Waals surface area contributed by atoms with Crippen LogP contribution in [0, 0.1) is 0 Å². The van der Waals surface area contributed by atoms with Crippen LogP contribution in [0.1, 0.15) is 50.5 Å². The van der Waals surface area contributed by atoms with Gasteiger partial charge in [0.15, 0.2) is 0 Å². The molecule has 2 aliphatic heterocycles. The molecule has 2 aromatic carbocycles. The van der Waals surface area contributed by atoms with Gasteiger partial charge >= 0.3 is 0 Å². The number of nitrogens with zero attached hydrogens (tertiary/aromatic N) is 2. The first-order valence-electron chi connectivity index (χ1n) is 12.4. The van der Waals surface area contributed by atoms with E-state index in [1.807, 2.05) is 6.07 Å². The van der Waals surface area contributed by atoms with Gasteiger partial charge < -0.3 is 9.88 Å². The number of fused-ring (bicyclic) bond motifs is 1. The van der Waals surface area contributed by atoms with Crippen LogP contribution in [-0.2, 0) is 10.0 Å². The van der Waals surface area contributed by atoms with Crippen molar-refractivity contribution in [2.24, 2.45) is 0 Å². The van der Waals surface area contributed by atoms with Crippen molar-refractivity contribution in [3.05, 3.63) is 60.3 Å². The van der Waals surface area contributed by atoms with Gasteiger partial charge in [-0.1, -0.05) is 36.4 Å². The number of benzene rings is 2. The molecule has 2 aliphatic rings. The number of aromatic nitrogens is 1. The summed E-state index contributed by atoms with van der Waals surface area (Å²) in [6, 6.07) is 17.7. The van der Waals surface area contributed by atoms with E-state index >= 15 is 0 Å². The lowest BCUT2D eigenvalue weighted by atomic mass is 9.89. The van der Waals surface area contributed by atoms with E-state index < -0.39 is 10.0 Å². The molecule has 3 aromatic rings. The fraction of sp³-hybridized carbons (Fsp3) is 0.481. The summed E-state index contributed by atoms with van der Waals surface area (Å²) >= 11 is 0. The minimum Gasteiger partial charge on any atom is -0.361 e. The van der Waals surface area contributed by atoms with Crippen LogP contribution in [0.3, 0.4) is 0 Å². The van der Waals surface area contributed by atoms with Gasteiger partial charge in [0.25, 0.3) is 0 Å². The number of piperidine rings is 1. The van der Waals surface area contributed by atoms with Gasteiger partial charge in [0.2, 0.25) is 10.0 Å². The Bertz CT molecular complexity index is 1180. The molecular weight excluding hydrogens is 430 g/mol. The van der Waals surface area contributed by atoms with Crippen LogP contribution in [0.5, 0.6) is 0 Å². The van der Waals surface area contributed by atoms with Gasteiger partial charge in [0, 0.05) is 36.2 Å². The molecule has 2 fully saturated rings. The number of nitrogens with one attached hydrogen (secondary N) is 1. The zero-order valence-electron chi connectivity index (χ0n) is 19.5. The van der Waals surface area contributed by atoms with Crippen LogP contribution in [0.25, 0.3) is 22.0 Å². The van der Waals surface area contributed by atoms with E-state index in [2.05, 4.69) is 65.5 Å². The largest absolute Gasteiger partial charge is 0.361 e. The number of rotatable bonds is 7. The van der Waals surface area contributed by atoms with Crippen molar-refractivity contribution in [3.63, 3.8) is 0 Å². The van der Waals surface area contributed by atoms with Gasteiger partial charge in [-0.15, -0.1) is 0 Å². The van der Waals surface area contributed by atoms with Crippen molar-refractivity contribution in [1.29, 1.82) is 0 Å². The maximum absolute atomic E-state index is 12.9. The molecule has 1 aromatic heterocycles. The van der Waals surface area contributed by atoms with Gasteiger partial charge in [-0.25, -0.2) is 12.7 Å². The smallest absolute Gasteiger partial charge is 0.214 e.